The molecule has 14 heterocycles. The molecule has 37 heteroatoms. The number of hydrogen-bond donors (Lipinski definition) is 8. The fraction of sp³-hybridized carbons (Fsp3) is 0.142. The first kappa shape index (κ1) is 100. The van der Waals surface area contributed by atoms with Crippen molar-refractivity contribution in [3.8, 4) is 23.0 Å². The maximum Gasteiger partial charge on any atom is 0.131 e. The van der Waals surface area contributed by atoms with E-state index in [1.165, 1.54) is 43.5 Å². The molecule has 0 spiro atoms. The molecule has 9 N–H and O–H groups in total. The number of benzene rings is 7. The Morgan fingerprint density at radius 2 is 0.566 bits per heavy atom. The first-order chi connectivity index (χ1) is 70.2. The molecule has 14 aromatic heterocycles. The van der Waals surface area contributed by atoms with Gasteiger partial charge in [-0.05, 0) is 110 Å². The number of rotatable bonds is 23. The molecule has 0 saturated heterocycles. The van der Waals surface area contributed by atoms with Crippen molar-refractivity contribution in [1.29, 1.82) is 0 Å². The summed E-state index contributed by atoms with van der Waals surface area (Å²) in [7, 11) is 3.21. The summed E-state index contributed by atoms with van der Waals surface area (Å²) in [4.78, 5) is 65.8. The van der Waals surface area contributed by atoms with Crippen molar-refractivity contribution >= 4 is 231 Å². The van der Waals surface area contributed by atoms with E-state index in [4.69, 9.17) is 65.9 Å². The maximum absolute atomic E-state index is 8.78. The summed E-state index contributed by atoms with van der Waals surface area (Å²) < 4.78 is 27.4. The summed E-state index contributed by atoms with van der Waals surface area (Å²) in [6.07, 6.45) is 24.4. The number of ether oxygens (including phenoxy) is 5. The standard InChI is InChI=1S/C16H15N3O3.2C16H15N3OS.C15H14N4O2.C15H13N3O2.C14H11N3O2.C14H11N3OS/c1-21-7-8-22-14-9-12(10-18-20)19-16-13(14)5-4-11-3-2-6-17-15(11)16;1-10(2)21-14-8-12(9-18-20)19-16-13(14)6-5-11-4-3-7-17-15(11)16;1-2-8-21-14-9-12(10-18-20)19-16-13(14)6-5-11-4-3-7-17-15(11)16;16-5-7-21-13-8-11(9-18-20)19-15-12(13)4-3-10-2-1-6-17-14(10)15;1-2-20-13-8-11(9-17-19)18-15-12(13)6-5-10-4-3-7-16-14(10)15;2*1-19-12-7-10(8-16-18)17-14-11(12)5-4-9-3-2-6-15-13(9)14/h2-6,9-10,20H,7-8H2,1H3;3-10,20H,1-2H3;3-7,9-10,20H,2,8H2,1H3;1-4,6,8-9,20H,5,7,16H2;3-9,19H,2H2,1H3;2*2-8,18H,1H3. The molecule has 0 saturated carbocycles. The minimum absolute atomic E-state index is 0.398. The van der Waals surface area contributed by atoms with Crippen molar-refractivity contribution in [3.05, 3.63) is 296 Å². The lowest BCUT2D eigenvalue weighted by molar-refractivity contribution is 0.147. The van der Waals surface area contributed by atoms with Crippen molar-refractivity contribution in [2.45, 2.75) is 54.1 Å². The van der Waals surface area contributed by atoms with E-state index in [-0.39, 0.29) is 0 Å². The summed E-state index contributed by atoms with van der Waals surface area (Å²) >= 11 is 5.19. The topological polar surface area (TPSA) is 481 Å². The number of methoxy groups -OCH3 is 2. The quantitative estimate of drug-likeness (QED) is 0.00736. The van der Waals surface area contributed by atoms with E-state index in [1.807, 2.05) is 171 Å². The smallest absolute Gasteiger partial charge is 0.131 e. The van der Waals surface area contributed by atoms with E-state index in [9.17, 15) is 0 Å². The fourth-order valence-corrected chi connectivity index (χ4v) is 18.1. The molecule has 21 aromatic rings. The lowest BCUT2D eigenvalue weighted by Crippen LogP contribution is -2.11. The van der Waals surface area contributed by atoms with Gasteiger partial charge in [0.25, 0.3) is 0 Å². The Morgan fingerprint density at radius 3 is 0.846 bits per heavy atom. The summed E-state index contributed by atoms with van der Waals surface area (Å²) in [5.41, 5.74) is 20.6. The molecule has 34 nitrogen and oxygen atoms in total. The van der Waals surface area contributed by atoms with Gasteiger partial charge in [-0.2, -0.15) is 0 Å². The van der Waals surface area contributed by atoms with Crippen LogP contribution in [0.3, 0.4) is 0 Å². The van der Waals surface area contributed by atoms with Gasteiger partial charge in [0.15, 0.2) is 0 Å². The molecule has 0 fully saturated rings. The third-order valence-corrected chi connectivity index (χ3v) is 24.6. The van der Waals surface area contributed by atoms with Gasteiger partial charge in [-0.15, -0.1) is 35.3 Å². The molecule has 7 aromatic carbocycles. The van der Waals surface area contributed by atoms with Gasteiger partial charge in [0.2, 0.25) is 0 Å². The molecule has 143 heavy (non-hydrogen) atoms. The number of hydrogen-bond acceptors (Lipinski definition) is 37. The monoisotopic (exact) mass is 1960 g/mol. The highest BCUT2D eigenvalue weighted by molar-refractivity contribution is 8.00. The molecule has 0 aliphatic rings. The highest BCUT2D eigenvalue weighted by Crippen LogP contribution is 2.39. The van der Waals surface area contributed by atoms with Crippen molar-refractivity contribution in [2.24, 2.45) is 41.8 Å². The molecular formula is C106H94N22O12S3. The van der Waals surface area contributed by atoms with Gasteiger partial charge in [-0.3, -0.25) is 34.9 Å². The molecule has 0 amide bonds. The van der Waals surface area contributed by atoms with Crippen LogP contribution >= 0.6 is 35.3 Å². The highest BCUT2D eigenvalue weighted by Gasteiger charge is 2.19. The third kappa shape index (κ3) is 24.0. The maximum atomic E-state index is 8.78. The predicted octanol–water partition coefficient (Wildman–Crippen LogP) is 21.6. The Bertz CT molecular complexity index is 8110. The number of aromatic nitrogens is 14. The molecule has 718 valence electrons. The van der Waals surface area contributed by atoms with E-state index in [2.05, 4.69) is 157 Å². The van der Waals surface area contributed by atoms with Crippen LogP contribution in [0, 0.1) is 0 Å². The lowest BCUT2D eigenvalue weighted by atomic mass is 10.1. The molecule has 0 atom stereocenters. The van der Waals surface area contributed by atoms with Gasteiger partial charge >= 0.3 is 0 Å². The van der Waals surface area contributed by atoms with Crippen LogP contribution in [0.1, 0.15) is 74.0 Å². The van der Waals surface area contributed by atoms with Gasteiger partial charge in [-0.25, -0.2) is 34.9 Å². The Hall–Kier alpha value is -17.3. The second-order valence-electron chi connectivity index (χ2n) is 31.1. The minimum atomic E-state index is 0.398. The van der Waals surface area contributed by atoms with Gasteiger partial charge < -0.3 is 65.9 Å². The van der Waals surface area contributed by atoms with E-state index in [1.54, 1.807) is 117 Å². The second-order valence-corrected chi connectivity index (χ2v) is 34.7. The fourth-order valence-electron chi connectivity index (χ4n) is 15.5. The molecular weight excluding hydrogens is 1870 g/mol. The average molecular weight is 1960 g/mol. The van der Waals surface area contributed by atoms with Crippen LogP contribution < -0.4 is 24.7 Å². The van der Waals surface area contributed by atoms with Crippen LogP contribution in [0.4, 0.5) is 0 Å². The molecule has 0 aliphatic carbocycles. The van der Waals surface area contributed by atoms with Crippen LogP contribution in [0.15, 0.2) is 306 Å². The first-order valence-electron chi connectivity index (χ1n) is 44.6. The molecule has 0 unspecified atom stereocenters. The summed E-state index contributed by atoms with van der Waals surface area (Å²) in [6, 6.07) is 68.1. The van der Waals surface area contributed by atoms with Crippen LogP contribution in [0.2, 0.25) is 0 Å². The lowest BCUT2D eigenvalue weighted by Gasteiger charge is -2.11. The Labute approximate surface area is 829 Å². The average Bonchev–Trinajstić information content (AvgIpc) is 0.774. The van der Waals surface area contributed by atoms with Crippen molar-refractivity contribution in [1.82, 2.24) is 69.8 Å². The largest absolute Gasteiger partial charge is 0.496 e. The number of nitrogens with zero attached hydrogens (tertiary/aromatic N) is 21. The molecule has 21 rings (SSSR count). The summed E-state index contributed by atoms with van der Waals surface area (Å²) in [6.45, 7) is 10.6. The molecule has 0 bridgehead atoms. The zero-order valence-electron chi connectivity index (χ0n) is 78.2. The molecule has 0 aliphatic heterocycles. The van der Waals surface area contributed by atoms with Gasteiger partial charge in [0.05, 0.1) is 159 Å². The number of thioether (sulfide) groups is 3. The van der Waals surface area contributed by atoms with Crippen molar-refractivity contribution < 1.29 is 60.1 Å². The predicted molar refractivity (Wildman–Crippen MR) is 568 cm³/mol. The Balaban J connectivity index is 0.000000126. The number of pyridine rings is 14. The van der Waals surface area contributed by atoms with E-state index < -0.39 is 0 Å². The zero-order valence-corrected chi connectivity index (χ0v) is 80.6. The van der Waals surface area contributed by atoms with Crippen molar-refractivity contribution in [3.63, 3.8) is 0 Å². The number of nitrogens with two attached hydrogens (primary N) is 1. The summed E-state index contributed by atoms with van der Waals surface area (Å²) in [5, 5.41) is 96.7. The third-order valence-electron chi connectivity index (χ3n) is 21.5. The zero-order chi connectivity index (χ0) is 99.9. The van der Waals surface area contributed by atoms with Gasteiger partial charge in [0.1, 0.15) is 58.3 Å². The van der Waals surface area contributed by atoms with Crippen molar-refractivity contribution in [2.75, 3.05) is 59.2 Å². The van der Waals surface area contributed by atoms with E-state index >= 15 is 0 Å². The van der Waals surface area contributed by atoms with Crippen LogP contribution in [0.5, 0.6) is 23.0 Å². The number of fused-ring (bicyclic) bond motifs is 21. The highest BCUT2D eigenvalue weighted by atomic mass is 32.2. The van der Waals surface area contributed by atoms with Crippen LogP contribution in [-0.4, -0.2) is 214 Å². The summed E-state index contributed by atoms with van der Waals surface area (Å²) in [5.74, 6) is 3.72. The van der Waals surface area contributed by atoms with E-state index in [0.29, 0.717) is 112 Å². The Kier molecular flexibility index (Phi) is 34.6. The minimum Gasteiger partial charge on any atom is -0.496 e. The SMILES string of the molecule is CC(C)Sc1cc(C=NO)nc2c1ccc1cccnc12.CCCSc1cc(C=NO)nc2c1ccc1cccnc12.CCOc1cc(C=NO)nc2c1ccc1cccnc12.COCCOc1cc(C=NO)nc2c1ccc1cccnc12.COc1cc(C=NO)nc2c1ccc1cccnc12.CSc1cc(C=NO)nc2c1ccc1cccnc12.NCCOc1cc(C=NO)nc2c1ccc1cccnc12. The van der Waals surface area contributed by atoms with Crippen LogP contribution in [0.25, 0.3) is 153 Å². The van der Waals surface area contributed by atoms with Gasteiger partial charge in [0, 0.05) is 177 Å². The number of oxime groups is 7. The first-order valence-corrected chi connectivity index (χ1v) is 47.7. The van der Waals surface area contributed by atoms with E-state index in [0.717, 1.165) is 168 Å². The Morgan fingerprint density at radius 1 is 0.308 bits per heavy atom. The normalized spacial score (nSPS) is 11.6. The molecule has 0 radical (unpaired) electrons. The van der Waals surface area contributed by atoms with Crippen LogP contribution in [-0.2, 0) is 4.74 Å². The van der Waals surface area contributed by atoms with Gasteiger partial charge in [-0.1, -0.05) is 160 Å². The second kappa shape index (κ2) is 49.3.